The molecule has 0 aromatic heterocycles. The third kappa shape index (κ3) is 3.10. The van der Waals surface area contributed by atoms with Gasteiger partial charge in [0.2, 0.25) is 10.0 Å². The van der Waals surface area contributed by atoms with Crippen LogP contribution < -0.4 is 4.74 Å². The van der Waals surface area contributed by atoms with Crippen molar-refractivity contribution in [3.05, 3.63) is 29.3 Å². The van der Waals surface area contributed by atoms with E-state index >= 15 is 0 Å². The van der Waals surface area contributed by atoms with Gasteiger partial charge in [-0.3, -0.25) is 4.79 Å². The second-order valence-electron chi connectivity index (χ2n) is 4.68. The van der Waals surface area contributed by atoms with E-state index in [9.17, 15) is 13.2 Å². The SMILES string of the molecule is COc1cccc2c1CN(S(=O)(=O)CCCC(=O)O)C2. The number of hydrogen-bond acceptors (Lipinski definition) is 4. The summed E-state index contributed by atoms with van der Waals surface area (Å²) < 4.78 is 31.0. The van der Waals surface area contributed by atoms with Gasteiger partial charge in [-0.1, -0.05) is 12.1 Å². The topological polar surface area (TPSA) is 83.9 Å². The van der Waals surface area contributed by atoms with Crippen molar-refractivity contribution in [1.29, 1.82) is 0 Å². The van der Waals surface area contributed by atoms with Crippen molar-refractivity contribution in [2.24, 2.45) is 0 Å². The Morgan fingerprint density at radius 1 is 1.40 bits per heavy atom. The number of carbonyl (C=O) groups is 1. The molecule has 110 valence electrons. The summed E-state index contributed by atoms with van der Waals surface area (Å²) >= 11 is 0. The van der Waals surface area contributed by atoms with Crippen LogP contribution in [0.2, 0.25) is 0 Å². The lowest BCUT2D eigenvalue weighted by atomic mass is 10.1. The number of aliphatic carboxylic acids is 1. The number of fused-ring (bicyclic) bond motifs is 1. The number of benzene rings is 1. The van der Waals surface area contributed by atoms with E-state index in [1.807, 2.05) is 12.1 Å². The molecular formula is C13H17NO5S. The van der Waals surface area contributed by atoms with Crippen molar-refractivity contribution in [3.63, 3.8) is 0 Å². The molecule has 1 aromatic rings. The van der Waals surface area contributed by atoms with E-state index in [1.165, 1.54) is 4.31 Å². The van der Waals surface area contributed by atoms with Gasteiger partial charge in [0.05, 0.1) is 12.9 Å². The Hall–Kier alpha value is -1.60. The Morgan fingerprint density at radius 2 is 2.15 bits per heavy atom. The number of carboxylic acids is 1. The van der Waals surface area contributed by atoms with E-state index in [2.05, 4.69) is 0 Å². The van der Waals surface area contributed by atoms with Crippen LogP contribution in [0.5, 0.6) is 5.75 Å². The molecule has 2 rings (SSSR count). The third-order valence-electron chi connectivity index (χ3n) is 3.32. The van der Waals surface area contributed by atoms with Gasteiger partial charge in [-0.2, -0.15) is 4.31 Å². The molecule has 1 aromatic carbocycles. The van der Waals surface area contributed by atoms with Gasteiger partial charge >= 0.3 is 5.97 Å². The van der Waals surface area contributed by atoms with Crippen molar-refractivity contribution in [1.82, 2.24) is 4.31 Å². The number of rotatable bonds is 6. The first-order chi connectivity index (χ1) is 9.44. The summed E-state index contributed by atoms with van der Waals surface area (Å²) in [4.78, 5) is 10.4. The number of sulfonamides is 1. The normalized spacial score (nSPS) is 15.1. The quantitative estimate of drug-likeness (QED) is 0.853. The molecule has 0 unspecified atom stereocenters. The highest BCUT2D eigenvalue weighted by Crippen LogP contribution is 2.32. The number of hydrogen-bond donors (Lipinski definition) is 1. The minimum absolute atomic E-state index is 0.127. The van der Waals surface area contributed by atoms with Crippen molar-refractivity contribution < 1.29 is 23.1 Å². The molecule has 0 saturated carbocycles. The van der Waals surface area contributed by atoms with Crippen LogP contribution in [0.25, 0.3) is 0 Å². The Morgan fingerprint density at radius 3 is 2.80 bits per heavy atom. The second-order valence-corrected chi connectivity index (χ2v) is 6.77. The van der Waals surface area contributed by atoms with Crippen LogP contribution in [0.3, 0.4) is 0 Å². The smallest absolute Gasteiger partial charge is 0.303 e. The maximum absolute atomic E-state index is 12.2. The van der Waals surface area contributed by atoms with Crippen molar-refractivity contribution in [2.45, 2.75) is 25.9 Å². The second kappa shape index (κ2) is 5.80. The van der Waals surface area contributed by atoms with E-state index in [-0.39, 0.29) is 25.1 Å². The Bertz CT molecular complexity index is 611. The molecular weight excluding hydrogens is 282 g/mol. The van der Waals surface area contributed by atoms with Gasteiger partial charge in [-0.25, -0.2) is 8.42 Å². The van der Waals surface area contributed by atoms with Crippen LogP contribution in [0.4, 0.5) is 0 Å². The van der Waals surface area contributed by atoms with Crippen LogP contribution in [-0.2, 0) is 27.9 Å². The molecule has 0 atom stereocenters. The number of methoxy groups -OCH3 is 1. The van der Waals surface area contributed by atoms with Crippen molar-refractivity contribution in [2.75, 3.05) is 12.9 Å². The fourth-order valence-corrected chi connectivity index (χ4v) is 3.71. The Kier molecular flexibility index (Phi) is 4.29. The third-order valence-corrected chi connectivity index (χ3v) is 5.17. The summed E-state index contributed by atoms with van der Waals surface area (Å²) in [5, 5.41) is 8.56. The van der Waals surface area contributed by atoms with E-state index in [4.69, 9.17) is 9.84 Å². The Balaban J connectivity index is 2.08. The molecule has 0 amide bonds. The molecule has 0 radical (unpaired) electrons. The highest BCUT2D eigenvalue weighted by Gasteiger charge is 2.30. The van der Waals surface area contributed by atoms with Crippen LogP contribution in [0, 0.1) is 0 Å². The lowest BCUT2D eigenvalue weighted by Crippen LogP contribution is -2.28. The zero-order valence-corrected chi connectivity index (χ0v) is 12.0. The largest absolute Gasteiger partial charge is 0.496 e. The van der Waals surface area contributed by atoms with E-state index in [0.29, 0.717) is 12.3 Å². The molecule has 1 aliphatic heterocycles. The highest BCUT2D eigenvalue weighted by molar-refractivity contribution is 7.89. The first kappa shape index (κ1) is 14.8. The van der Waals surface area contributed by atoms with Crippen LogP contribution in [-0.4, -0.2) is 36.7 Å². The van der Waals surface area contributed by atoms with Gasteiger partial charge in [-0.05, 0) is 18.1 Å². The predicted molar refractivity (Wildman–Crippen MR) is 72.9 cm³/mol. The maximum Gasteiger partial charge on any atom is 0.303 e. The fraction of sp³-hybridized carbons (Fsp3) is 0.462. The number of nitrogens with zero attached hydrogens (tertiary/aromatic N) is 1. The van der Waals surface area contributed by atoms with Crippen LogP contribution in [0.1, 0.15) is 24.0 Å². The molecule has 0 spiro atoms. The summed E-state index contributed by atoms with van der Waals surface area (Å²) in [5.74, 6) is -0.437. The maximum atomic E-state index is 12.2. The minimum Gasteiger partial charge on any atom is -0.496 e. The fourth-order valence-electron chi connectivity index (χ4n) is 2.28. The summed E-state index contributed by atoms with van der Waals surface area (Å²) in [6.07, 6.45) is -0.00894. The minimum atomic E-state index is -3.43. The zero-order valence-electron chi connectivity index (χ0n) is 11.2. The van der Waals surface area contributed by atoms with Gasteiger partial charge in [0, 0.05) is 25.1 Å². The molecule has 7 heteroatoms. The zero-order chi connectivity index (χ0) is 14.8. The lowest BCUT2D eigenvalue weighted by molar-refractivity contribution is -0.137. The summed E-state index contributed by atoms with van der Waals surface area (Å²) in [5.41, 5.74) is 1.82. The number of ether oxygens (including phenoxy) is 1. The first-order valence-electron chi connectivity index (χ1n) is 6.28. The summed E-state index contributed by atoms with van der Waals surface area (Å²) in [6, 6.07) is 5.52. The Labute approximate surface area is 118 Å². The lowest BCUT2D eigenvalue weighted by Gasteiger charge is -2.15. The van der Waals surface area contributed by atoms with Gasteiger partial charge in [0.15, 0.2) is 0 Å². The summed E-state index contributed by atoms with van der Waals surface area (Å²) in [6.45, 7) is 0.608. The summed E-state index contributed by atoms with van der Waals surface area (Å²) in [7, 11) is -1.88. The standard InChI is InChI=1S/C13H17NO5S/c1-19-12-5-2-4-10-8-14(9-11(10)12)20(17,18)7-3-6-13(15)16/h2,4-5H,3,6-9H2,1H3,(H,15,16). The molecule has 1 aliphatic rings. The molecule has 0 bridgehead atoms. The van der Waals surface area contributed by atoms with Gasteiger partial charge in [-0.15, -0.1) is 0 Å². The predicted octanol–water partition coefficient (Wildman–Crippen LogP) is 1.21. The van der Waals surface area contributed by atoms with E-state index in [0.717, 1.165) is 11.1 Å². The molecule has 1 N–H and O–H groups in total. The molecule has 6 nitrogen and oxygen atoms in total. The first-order valence-corrected chi connectivity index (χ1v) is 7.89. The molecule has 0 aliphatic carbocycles. The van der Waals surface area contributed by atoms with Crippen LogP contribution >= 0.6 is 0 Å². The highest BCUT2D eigenvalue weighted by atomic mass is 32.2. The van der Waals surface area contributed by atoms with Crippen LogP contribution in [0.15, 0.2) is 18.2 Å². The monoisotopic (exact) mass is 299 g/mol. The van der Waals surface area contributed by atoms with Gasteiger partial charge in [0.25, 0.3) is 0 Å². The molecule has 1 heterocycles. The van der Waals surface area contributed by atoms with Crippen molar-refractivity contribution >= 4 is 16.0 Å². The average molecular weight is 299 g/mol. The van der Waals surface area contributed by atoms with E-state index in [1.54, 1.807) is 13.2 Å². The average Bonchev–Trinajstić information content (AvgIpc) is 2.82. The molecule has 20 heavy (non-hydrogen) atoms. The van der Waals surface area contributed by atoms with Crippen molar-refractivity contribution in [3.8, 4) is 5.75 Å². The van der Waals surface area contributed by atoms with Gasteiger partial charge < -0.3 is 9.84 Å². The number of carboxylic acid groups (broad SMARTS) is 1. The van der Waals surface area contributed by atoms with E-state index < -0.39 is 16.0 Å². The molecule has 0 saturated heterocycles. The van der Waals surface area contributed by atoms with Gasteiger partial charge in [0.1, 0.15) is 5.75 Å². The molecule has 0 fully saturated rings.